The van der Waals surface area contributed by atoms with Gasteiger partial charge in [0.15, 0.2) is 5.96 Å². The van der Waals surface area contributed by atoms with Crippen molar-refractivity contribution >= 4 is 22.3 Å². The standard InChI is InChI=1S/C16H22F2N6S/c1-2-19-16(21-12-13-20-5-6-24(13)15(17)18)23-9-7-22(8-10-23)14-4-3-11-25-14/h3-6,11,15H,2,7-10,12H2,1H3,(H,19,21). The quantitative estimate of drug-likeness (QED) is 0.651. The molecule has 3 heterocycles. The van der Waals surface area contributed by atoms with Crippen LogP contribution in [-0.2, 0) is 6.54 Å². The van der Waals surface area contributed by atoms with E-state index >= 15 is 0 Å². The van der Waals surface area contributed by atoms with Gasteiger partial charge in [0.05, 0.1) is 5.00 Å². The summed E-state index contributed by atoms with van der Waals surface area (Å²) in [6, 6.07) is 4.19. The highest BCUT2D eigenvalue weighted by Gasteiger charge is 2.20. The molecular weight excluding hydrogens is 346 g/mol. The molecule has 6 nitrogen and oxygen atoms in total. The van der Waals surface area contributed by atoms with Gasteiger partial charge in [-0.1, -0.05) is 0 Å². The average Bonchev–Trinajstić information content (AvgIpc) is 3.30. The van der Waals surface area contributed by atoms with E-state index in [0.29, 0.717) is 0 Å². The number of nitrogens with one attached hydrogen (secondary N) is 1. The summed E-state index contributed by atoms with van der Waals surface area (Å²) in [5.74, 6) is 1.01. The maximum absolute atomic E-state index is 12.9. The second-order valence-corrected chi connectivity index (χ2v) is 6.55. The molecule has 25 heavy (non-hydrogen) atoms. The van der Waals surface area contributed by atoms with Crippen molar-refractivity contribution in [2.45, 2.75) is 20.0 Å². The zero-order valence-electron chi connectivity index (χ0n) is 14.1. The SMILES string of the molecule is CCNC(=NCc1nccn1C(F)F)N1CCN(c2cccs2)CC1. The van der Waals surface area contributed by atoms with Crippen molar-refractivity contribution in [1.82, 2.24) is 19.8 Å². The van der Waals surface area contributed by atoms with Crippen molar-refractivity contribution in [2.75, 3.05) is 37.6 Å². The van der Waals surface area contributed by atoms with E-state index in [9.17, 15) is 8.78 Å². The van der Waals surface area contributed by atoms with Gasteiger partial charge in [-0.2, -0.15) is 8.78 Å². The Hall–Kier alpha value is -2.16. The van der Waals surface area contributed by atoms with E-state index in [1.165, 1.54) is 17.4 Å². The number of rotatable bonds is 5. The molecule has 0 aromatic carbocycles. The van der Waals surface area contributed by atoms with Crippen molar-refractivity contribution in [3.8, 4) is 0 Å². The first-order chi connectivity index (χ1) is 12.2. The van der Waals surface area contributed by atoms with Gasteiger partial charge in [-0.15, -0.1) is 11.3 Å². The van der Waals surface area contributed by atoms with E-state index in [1.54, 1.807) is 11.3 Å². The summed E-state index contributed by atoms with van der Waals surface area (Å²) in [5, 5.41) is 6.61. The van der Waals surface area contributed by atoms with Gasteiger partial charge in [-0.3, -0.25) is 4.57 Å². The van der Waals surface area contributed by atoms with E-state index in [0.717, 1.165) is 43.3 Å². The molecule has 0 spiro atoms. The lowest BCUT2D eigenvalue weighted by Crippen LogP contribution is -2.52. The Morgan fingerprint density at radius 1 is 1.36 bits per heavy atom. The van der Waals surface area contributed by atoms with Gasteiger partial charge in [-0.05, 0) is 24.4 Å². The summed E-state index contributed by atoms with van der Waals surface area (Å²) in [6.07, 6.45) is 2.66. The number of thiophene rings is 1. The third-order valence-corrected chi connectivity index (χ3v) is 4.99. The molecule has 2 aromatic heterocycles. The second-order valence-electron chi connectivity index (χ2n) is 5.62. The number of hydrogen-bond acceptors (Lipinski definition) is 4. The Bertz CT molecular complexity index is 677. The van der Waals surface area contributed by atoms with Gasteiger partial charge in [0.25, 0.3) is 0 Å². The van der Waals surface area contributed by atoms with E-state index < -0.39 is 6.55 Å². The summed E-state index contributed by atoms with van der Waals surface area (Å²) in [7, 11) is 0. The number of aromatic nitrogens is 2. The number of aliphatic imine (C=N–C) groups is 1. The van der Waals surface area contributed by atoms with Crippen LogP contribution in [-0.4, -0.2) is 53.1 Å². The molecule has 0 saturated carbocycles. The number of hydrogen-bond donors (Lipinski definition) is 1. The molecule has 1 aliphatic heterocycles. The summed E-state index contributed by atoms with van der Waals surface area (Å²) >= 11 is 1.74. The maximum Gasteiger partial charge on any atom is 0.319 e. The highest BCUT2D eigenvalue weighted by Crippen LogP contribution is 2.22. The monoisotopic (exact) mass is 368 g/mol. The number of piperazine rings is 1. The van der Waals surface area contributed by atoms with Crippen molar-refractivity contribution < 1.29 is 8.78 Å². The van der Waals surface area contributed by atoms with Crippen molar-refractivity contribution in [3.63, 3.8) is 0 Å². The van der Waals surface area contributed by atoms with Crippen LogP contribution < -0.4 is 10.2 Å². The van der Waals surface area contributed by atoms with Crippen LogP contribution in [0.5, 0.6) is 0 Å². The molecular formula is C16H22F2N6S. The van der Waals surface area contributed by atoms with Gasteiger partial charge in [0, 0.05) is 45.1 Å². The van der Waals surface area contributed by atoms with Crippen LogP contribution in [0, 0.1) is 0 Å². The number of halogens is 2. The molecule has 1 aliphatic rings. The lowest BCUT2D eigenvalue weighted by atomic mass is 10.3. The molecule has 0 bridgehead atoms. The van der Waals surface area contributed by atoms with Gasteiger partial charge in [-0.25, -0.2) is 9.98 Å². The molecule has 0 aliphatic carbocycles. The molecule has 0 atom stereocenters. The maximum atomic E-state index is 12.9. The smallest absolute Gasteiger partial charge is 0.319 e. The van der Waals surface area contributed by atoms with E-state index in [1.807, 2.05) is 6.92 Å². The number of alkyl halides is 2. The Morgan fingerprint density at radius 3 is 2.80 bits per heavy atom. The van der Waals surface area contributed by atoms with Crippen molar-refractivity contribution in [1.29, 1.82) is 0 Å². The Balaban J connectivity index is 1.64. The van der Waals surface area contributed by atoms with Crippen LogP contribution in [0.15, 0.2) is 34.9 Å². The third-order valence-electron chi connectivity index (χ3n) is 4.06. The lowest BCUT2D eigenvalue weighted by Gasteiger charge is -2.37. The summed E-state index contributed by atoms with van der Waals surface area (Å²) in [5.41, 5.74) is 0. The predicted molar refractivity (Wildman–Crippen MR) is 96.4 cm³/mol. The minimum Gasteiger partial charge on any atom is -0.360 e. The molecule has 9 heteroatoms. The fraction of sp³-hybridized carbons (Fsp3) is 0.500. The molecule has 1 N–H and O–H groups in total. The molecule has 3 rings (SSSR count). The summed E-state index contributed by atoms with van der Waals surface area (Å²) < 4.78 is 26.7. The normalized spacial score (nSPS) is 15.9. The van der Waals surface area contributed by atoms with Gasteiger partial charge in [0.1, 0.15) is 12.4 Å². The Kier molecular flexibility index (Phi) is 5.85. The molecule has 0 unspecified atom stereocenters. The summed E-state index contributed by atoms with van der Waals surface area (Å²) in [4.78, 5) is 13.0. The minimum atomic E-state index is -2.59. The molecule has 0 radical (unpaired) electrons. The van der Waals surface area contributed by atoms with Crippen LogP contribution in [0.3, 0.4) is 0 Å². The first-order valence-corrected chi connectivity index (χ1v) is 9.18. The average molecular weight is 368 g/mol. The predicted octanol–water partition coefficient (Wildman–Crippen LogP) is 2.63. The van der Waals surface area contributed by atoms with E-state index in [-0.39, 0.29) is 12.4 Å². The first-order valence-electron chi connectivity index (χ1n) is 8.30. The van der Waals surface area contributed by atoms with Gasteiger partial charge in [0.2, 0.25) is 0 Å². The Morgan fingerprint density at radius 2 is 2.16 bits per heavy atom. The number of nitrogens with zero attached hydrogens (tertiary/aromatic N) is 5. The fourth-order valence-corrected chi connectivity index (χ4v) is 3.59. The molecule has 0 amide bonds. The fourth-order valence-electron chi connectivity index (χ4n) is 2.80. The van der Waals surface area contributed by atoms with Crippen LogP contribution in [0.2, 0.25) is 0 Å². The minimum absolute atomic E-state index is 0.130. The van der Waals surface area contributed by atoms with Crippen LogP contribution in [0.4, 0.5) is 13.8 Å². The van der Waals surface area contributed by atoms with Gasteiger partial charge >= 0.3 is 6.55 Å². The number of anilines is 1. The van der Waals surface area contributed by atoms with Crippen LogP contribution in [0.1, 0.15) is 19.3 Å². The lowest BCUT2D eigenvalue weighted by molar-refractivity contribution is 0.0671. The largest absolute Gasteiger partial charge is 0.360 e. The topological polar surface area (TPSA) is 48.7 Å². The highest BCUT2D eigenvalue weighted by molar-refractivity contribution is 7.14. The molecule has 1 saturated heterocycles. The third kappa shape index (κ3) is 4.28. The van der Waals surface area contributed by atoms with E-state index in [4.69, 9.17) is 0 Å². The number of guanidine groups is 1. The molecule has 136 valence electrons. The molecule has 1 fully saturated rings. The van der Waals surface area contributed by atoms with Crippen LogP contribution in [0.25, 0.3) is 0 Å². The first kappa shape index (κ1) is 17.7. The zero-order chi connectivity index (χ0) is 17.6. The highest BCUT2D eigenvalue weighted by atomic mass is 32.1. The molecule has 2 aromatic rings. The van der Waals surface area contributed by atoms with Crippen molar-refractivity contribution in [3.05, 3.63) is 35.7 Å². The van der Waals surface area contributed by atoms with Crippen LogP contribution >= 0.6 is 11.3 Å². The Labute approximate surface area is 149 Å². The van der Waals surface area contributed by atoms with Crippen molar-refractivity contribution in [2.24, 2.45) is 4.99 Å². The number of imidazole rings is 1. The zero-order valence-corrected chi connectivity index (χ0v) is 14.9. The van der Waals surface area contributed by atoms with Gasteiger partial charge < -0.3 is 15.1 Å². The second kappa shape index (κ2) is 8.28. The summed E-state index contributed by atoms with van der Waals surface area (Å²) in [6.45, 7) is 3.77. The van der Waals surface area contributed by atoms with E-state index in [2.05, 4.69) is 42.6 Å².